The van der Waals surface area contributed by atoms with Crippen molar-refractivity contribution >= 4 is 29.2 Å². The van der Waals surface area contributed by atoms with Gasteiger partial charge in [0.05, 0.1) is 5.69 Å². The molecule has 0 radical (unpaired) electrons. The third-order valence-corrected chi connectivity index (χ3v) is 6.97. The van der Waals surface area contributed by atoms with Crippen molar-refractivity contribution in [3.05, 3.63) is 69.8 Å². The van der Waals surface area contributed by atoms with E-state index >= 15 is 0 Å². The van der Waals surface area contributed by atoms with Crippen LogP contribution in [0, 0.1) is 0 Å². The van der Waals surface area contributed by atoms with E-state index in [9.17, 15) is 22.8 Å². The van der Waals surface area contributed by atoms with E-state index in [1.807, 2.05) is 25.1 Å². The van der Waals surface area contributed by atoms with E-state index in [2.05, 4.69) is 27.8 Å². The molecule has 0 aliphatic heterocycles. The summed E-state index contributed by atoms with van der Waals surface area (Å²) in [4.78, 5) is 30.6. The molecule has 36 heavy (non-hydrogen) atoms. The van der Waals surface area contributed by atoms with Gasteiger partial charge in [-0.15, -0.1) is 11.8 Å². The third-order valence-electron chi connectivity index (χ3n) is 6.06. The fourth-order valence-corrected chi connectivity index (χ4v) is 4.92. The van der Waals surface area contributed by atoms with Gasteiger partial charge in [-0.05, 0) is 54.7 Å². The molecule has 2 aromatic heterocycles. The molecule has 1 aliphatic rings. The molecule has 0 spiro atoms. The van der Waals surface area contributed by atoms with Gasteiger partial charge in [-0.3, -0.25) is 14.2 Å². The number of carbonyl (C=O) groups excluding carboxylic acids is 1. The summed E-state index contributed by atoms with van der Waals surface area (Å²) in [7, 11) is 1.48. The highest BCUT2D eigenvalue weighted by Gasteiger charge is 2.36. The van der Waals surface area contributed by atoms with Crippen LogP contribution in [0.4, 0.5) is 24.7 Å². The van der Waals surface area contributed by atoms with E-state index in [1.165, 1.54) is 37.2 Å². The summed E-state index contributed by atoms with van der Waals surface area (Å²) in [6, 6.07) is 10.8. The van der Waals surface area contributed by atoms with Crippen molar-refractivity contribution in [1.82, 2.24) is 9.55 Å². The van der Waals surface area contributed by atoms with E-state index in [0.29, 0.717) is 22.6 Å². The Labute approximate surface area is 211 Å². The zero-order chi connectivity index (χ0) is 26.0. The van der Waals surface area contributed by atoms with Crippen LogP contribution in [0.1, 0.15) is 54.2 Å². The van der Waals surface area contributed by atoms with Crippen molar-refractivity contribution in [3.8, 4) is 11.1 Å². The number of hydrogen-bond acceptors (Lipinski definition) is 5. The first kappa shape index (κ1) is 25.8. The molecule has 1 amide bonds. The number of benzene rings is 1. The molecule has 1 saturated carbocycles. The molecule has 3 aromatic rings. The van der Waals surface area contributed by atoms with Crippen molar-refractivity contribution < 1.29 is 18.0 Å². The summed E-state index contributed by atoms with van der Waals surface area (Å²) in [5.74, 6) is 0.748. The van der Waals surface area contributed by atoms with Crippen LogP contribution in [-0.4, -0.2) is 28.3 Å². The first-order chi connectivity index (χ1) is 17.2. The Morgan fingerprint density at radius 2 is 1.83 bits per heavy atom. The largest absolute Gasteiger partial charge is 0.421 e. The van der Waals surface area contributed by atoms with Gasteiger partial charge in [-0.2, -0.15) is 13.2 Å². The van der Waals surface area contributed by atoms with Crippen LogP contribution in [0.15, 0.2) is 52.3 Å². The van der Waals surface area contributed by atoms with E-state index < -0.39 is 23.2 Å². The maximum atomic E-state index is 13.5. The van der Waals surface area contributed by atoms with Crippen molar-refractivity contribution in [2.45, 2.75) is 50.2 Å². The minimum absolute atomic E-state index is 0.00871. The third kappa shape index (κ3) is 5.28. The SMILES string of the molecule is CCSc1cc(-c2ccc(C3CC3)cc2)cnc1C(=O)Nc1cc(C(F)(F)F)c(=O)n(CC)c1NC. The summed E-state index contributed by atoms with van der Waals surface area (Å²) < 4.78 is 41.5. The number of carbonyl (C=O) groups is 1. The van der Waals surface area contributed by atoms with Crippen LogP contribution >= 0.6 is 11.8 Å². The number of pyridine rings is 2. The number of nitrogens with one attached hydrogen (secondary N) is 2. The maximum Gasteiger partial charge on any atom is 0.421 e. The molecule has 1 aromatic carbocycles. The number of nitrogens with zero attached hydrogens (tertiary/aromatic N) is 2. The van der Waals surface area contributed by atoms with Gasteiger partial charge in [0, 0.05) is 30.2 Å². The lowest BCUT2D eigenvalue weighted by atomic mass is 10.0. The standard InChI is InChI=1S/C26H27F3N4O2S/c1-4-33-23(30-3)20(13-19(25(33)35)26(27,28)29)32-24(34)22-21(36-5-2)12-18(14-31-22)17-10-8-16(9-11-17)15-6-7-15/h8-15,30H,4-7H2,1-3H3,(H,32,34). The number of anilines is 2. The first-order valence-electron chi connectivity index (χ1n) is 11.7. The van der Waals surface area contributed by atoms with Crippen LogP contribution in [0.2, 0.25) is 0 Å². The predicted octanol–water partition coefficient (Wildman–Crippen LogP) is 6.23. The van der Waals surface area contributed by atoms with Crippen LogP contribution in [0.5, 0.6) is 0 Å². The highest BCUT2D eigenvalue weighted by atomic mass is 32.2. The normalized spacial score (nSPS) is 13.5. The number of hydrogen-bond donors (Lipinski definition) is 2. The van der Waals surface area contributed by atoms with E-state index in [4.69, 9.17) is 0 Å². The molecule has 10 heteroatoms. The minimum Gasteiger partial charge on any atom is -0.373 e. The molecule has 190 valence electrons. The molecule has 0 atom stereocenters. The number of thioether (sulfide) groups is 1. The highest BCUT2D eigenvalue weighted by molar-refractivity contribution is 7.99. The Kier molecular flexibility index (Phi) is 7.44. The minimum atomic E-state index is -4.86. The molecule has 2 heterocycles. The fourth-order valence-electron chi connectivity index (χ4n) is 4.12. The molecule has 2 N–H and O–H groups in total. The lowest BCUT2D eigenvalue weighted by Gasteiger charge is -2.19. The van der Waals surface area contributed by atoms with E-state index in [0.717, 1.165) is 15.7 Å². The van der Waals surface area contributed by atoms with Gasteiger partial charge in [0.1, 0.15) is 17.1 Å². The topological polar surface area (TPSA) is 76.0 Å². The number of amides is 1. The number of aromatic nitrogens is 2. The summed E-state index contributed by atoms with van der Waals surface area (Å²) in [6.45, 7) is 3.49. The summed E-state index contributed by atoms with van der Waals surface area (Å²) >= 11 is 1.42. The lowest BCUT2D eigenvalue weighted by molar-refractivity contribution is -0.138. The molecule has 0 unspecified atom stereocenters. The Balaban J connectivity index is 1.69. The van der Waals surface area contributed by atoms with Crippen molar-refractivity contribution in [3.63, 3.8) is 0 Å². The monoisotopic (exact) mass is 516 g/mol. The highest BCUT2D eigenvalue weighted by Crippen LogP contribution is 2.40. The molecule has 0 bridgehead atoms. The van der Waals surface area contributed by atoms with Crippen molar-refractivity contribution in [1.29, 1.82) is 0 Å². The van der Waals surface area contributed by atoms with Gasteiger partial charge in [0.2, 0.25) is 0 Å². The van der Waals surface area contributed by atoms with Gasteiger partial charge in [0.15, 0.2) is 0 Å². The van der Waals surface area contributed by atoms with E-state index in [1.54, 1.807) is 13.1 Å². The maximum absolute atomic E-state index is 13.5. The van der Waals surface area contributed by atoms with Crippen molar-refractivity contribution in [2.75, 3.05) is 23.4 Å². The smallest absolute Gasteiger partial charge is 0.373 e. The fraction of sp³-hybridized carbons (Fsp3) is 0.346. The van der Waals surface area contributed by atoms with Crippen LogP contribution < -0.4 is 16.2 Å². The Hall–Kier alpha value is -3.27. The molecule has 1 fully saturated rings. The predicted molar refractivity (Wildman–Crippen MR) is 137 cm³/mol. The van der Waals surface area contributed by atoms with Crippen LogP contribution in [0.3, 0.4) is 0 Å². The molecule has 4 rings (SSSR count). The first-order valence-corrected chi connectivity index (χ1v) is 12.7. The number of rotatable bonds is 8. The van der Waals surface area contributed by atoms with Gasteiger partial charge >= 0.3 is 6.18 Å². The molecule has 1 aliphatic carbocycles. The van der Waals surface area contributed by atoms with Gasteiger partial charge in [-0.1, -0.05) is 31.2 Å². The van der Waals surface area contributed by atoms with E-state index in [-0.39, 0.29) is 23.7 Å². The molecule has 6 nitrogen and oxygen atoms in total. The van der Waals surface area contributed by atoms with Crippen LogP contribution in [-0.2, 0) is 12.7 Å². The van der Waals surface area contributed by atoms with Gasteiger partial charge < -0.3 is 10.6 Å². The zero-order valence-electron chi connectivity index (χ0n) is 20.2. The second-order valence-corrected chi connectivity index (χ2v) is 9.78. The second kappa shape index (κ2) is 10.4. The molecule has 0 saturated heterocycles. The average molecular weight is 517 g/mol. The molecular weight excluding hydrogens is 489 g/mol. The summed E-state index contributed by atoms with van der Waals surface area (Å²) in [5.41, 5.74) is 0.566. The van der Waals surface area contributed by atoms with Crippen molar-refractivity contribution in [2.24, 2.45) is 0 Å². The summed E-state index contributed by atoms with van der Waals surface area (Å²) in [6.07, 6.45) is -0.833. The zero-order valence-corrected chi connectivity index (χ0v) is 21.0. The van der Waals surface area contributed by atoms with Gasteiger partial charge in [0.25, 0.3) is 11.5 Å². The van der Waals surface area contributed by atoms with Crippen LogP contribution in [0.25, 0.3) is 11.1 Å². The second-order valence-electron chi connectivity index (χ2n) is 8.47. The lowest BCUT2D eigenvalue weighted by Crippen LogP contribution is -2.31. The number of alkyl halides is 3. The molecular formula is C26H27F3N4O2S. The summed E-state index contributed by atoms with van der Waals surface area (Å²) in [5, 5.41) is 5.27. The Bertz CT molecular complexity index is 1330. The average Bonchev–Trinajstić information content (AvgIpc) is 3.69. The quantitative estimate of drug-likeness (QED) is 0.347. The van der Waals surface area contributed by atoms with Gasteiger partial charge in [-0.25, -0.2) is 4.98 Å². The Morgan fingerprint density at radius 1 is 1.14 bits per heavy atom. The Morgan fingerprint density at radius 3 is 2.39 bits per heavy atom. The number of halogens is 3.